The highest BCUT2D eigenvalue weighted by atomic mass is 32.2. The molecule has 0 amide bonds. The third-order valence-electron chi connectivity index (χ3n) is 5.08. The number of carbonyl (C=O) groups excluding carboxylic acids is 1. The van der Waals surface area contributed by atoms with Gasteiger partial charge in [-0.15, -0.1) is 6.58 Å². The van der Waals surface area contributed by atoms with E-state index < -0.39 is 5.92 Å². The number of nitrogens with one attached hydrogen (secondary N) is 2. The quantitative estimate of drug-likeness (QED) is 0.458. The highest BCUT2D eigenvalue weighted by Gasteiger charge is 2.43. The van der Waals surface area contributed by atoms with E-state index in [1.54, 1.807) is 6.08 Å². The van der Waals surface area contributed by atoms with Gasteiger partial charge in [-0.05, 0) is 30.9 Å². The van der Waals surface area contributed by atoms with Gasteiger partial charge in [0, 0.05) is 23.4 Å². The first kappa shape index (κ1) is 18.8. The number of rotatable bonds is 4. The monoisotopic (exact) mass is 397 g/mol. The summed E-state index contributed by atoms with van der Waals surface area (Å²) in [4.78, 5) is 33.5. The Kier molecular flexibility index (Phi) is 4.57. The molecule has 6 nitrogen and oxygen atoms in total. The van der Waals surface area contributed by atoms with Crippen molar-refractivity contribution in [3.05, 3.63) is 63.5 Å². The molecule has 0 aromatic carbocycles. The van der Waals surface area contributed by atoms with Gasteiger partial charge in [-0.3, -0.25) is 9.59 Å². The van der Waals surface area contributed by atoms with Crippen LogP contribution in [0.1, 0.15) is 49.7 Å². The molecule has 1 atom stereocenters. The molecule has 0 saturated heterocycles. The van der Waals surface area contributed by atoms with Crippen LogP contribution >= 0.6 is 11.8 Å². The number of fused-ring (bicyclic) bond motifs is 1. The van der Waals surface area contributed by atoms with E-state index >= 15 is 0 Å². The lowest BCUT2D eigenvalue weighted by molar-refractivity contribution is -0.118. The minimum Gasteiger partial charge on any atom is -0.465 e. The second-order valence-electron chi connectivity index (χ2n) is 8.07. The van der Waals surface area contributed by atoms with Crippen LogP contribution in [0.25, 0.3) is 0 Å². The molecule has 146 valence electrons. The number of aromatic amines is 1. The van der Waals surface area contributed by atoms with E-state index in [-0.39, 0.29) is 16.8 Å². The molecule has 28 heavy (non-hydrogen) atoms. The Morgan fingerprint density at radius 1 is 1.36 bits per heavy atom. The normalized spacial score (nSPS) is 20.4. The van der Waals surface area contributed by atoms with E-state index in [9.17, 15) is 9.59 Å². The van der Waals surface area contributed by atoms with Gasteiger partial charge in [-0.2, -0.15) is 0 Å². The first-order valence-electron chi connectivity index (χ1n) is 9.26. The van der Waals surface area contributed by atoms with Crippen LogP contribution in [0.2, 0.25) is 0 Å². The molecule has 2 N–H and O–H groups in total. The molecule has 4 rings (SSSR count). The van der Waals surface area contributed by atoms with E-state index in [1.165, 1.54) is 11.8 Å². The van der Waals surface area contributed by atoms with Gasteiger partial charge in [0.25, 0.3) is 5.56 Å². The molecule has 0 unspecified atom stereocenters. The van der Waals surface area contributed by atoms with E-state index in [0.717, 1.165) is 11.5 Å². The van der Waals surface area contributed by atoms with Crippen LogP contribution in [0.5, 0.6) is 0 Å². The Hall–Kier alpha value is -2.54. The van der Waals surface area contributed by atoms with E-state index in [1.807, 2.05) is 19.1 Å². The Morgan fingerprint density at radius 2 is 2.14 bits per heavy atom. The van der Waals surface area contributed by atoms with Crippen molar-refractivity contribution < 1.29 is 9.21 Å². The first-order valence-corrected chi connectivity index (χ1v) is 10.2. The van der Waals surface area contributed by atoms with Crippen molar-refractivity contribution in [3.8, 4) is 0 Å². The summed E-state index contributed by atoms with van der Waals surface area (Å²) in [7, 11) is 0. The Bertz CT molecular complexity index is 1060. The number of aromatic nitrogens is 2. The van der Waals surface area contributed by atoms with Gasteiger partial charge in [0.1, 0.15) is 17.3 Å². The van der Waals surface area contributed by atoms with Crippen molar-refractivity contribution in [1.82, 2.24) is 9.97 Å². The van der Waals surface area contributed by atoms with E-state index in [2.05, 4.69) is 35.7 Å². The second-order valence-corrected chi connectivity index (χ2v) is 9.08. The lowest BCUT2D eigenvalue weighted by Gasteiger charge is -2.37. The average molecular weight is 398 g/mol. The average Bonchev–Trinajstić information content (AvgIpc) is 3.03. The number of allylic oxidation sites excluding steroid dienone is 2. The zero-order valence-corrected chi connectivity index (χ0v) is 17.0. The van der Waals surface area contributed by atoms with Crippen molar-refractivity contribution in [2.24, 2.45) is 5.41 Å². The minimum absolute atomic E-state index is 0.0490. The maximum atomic E-state index is 13.1. The van der Waals surface area contributed by atoms with Gasteiger partial charge in [-0.25, -0.2) is 4.98 Å². The molecular formula is C21H23N3O3S. The fraction of sp³-hybridized carbons (Fsp3) is 0.381. The van der Waals surface area contributed by atoms with Crippen molar-refractivity contribution in [2.75, 3.05) is 11.1 Å². The minimum atomic E-state index is -0.543. The molecule has 1 aliphatic carbocycles. The highest BCUT2D eigenvalue weighted by molar-refractivity contribution is 7.99. The number of anilines is 1. The van der Waals surface area contributed by atoms with Gasteiger partial charge < -0.3 is 14.7 Å². The summed E-state index contributed by atoms with van der Waals surface area (Å²) >= 11 is 1.41. The summed E-state index contributed by atoms with van der Waals surface area (Å²) < 4.78 is 5.87. The maximum Gasteiger partial charge on any atom is 0.257 e. The van der Waals surface area contributed by atoms with Crippen molar-refractivity contribution in [2.45, 2.75) is 44.7 Å². The zero-order valence-electron chi connectivity index (χ0n) is 16.2. The predicted octanol–water partition coefficient (Wildman–Crippen LogP) is 4.15. The van der Waals surface area contributed by atoms with Crippen LogP contribution in [0.15, 0.2) is 50.4 Å². The standard InChI is InChI=1S/C21H23N3O3S/c1-5-8-28-20-23-18-17(19(26)24-20)16(14-7-6-11(2)27-14)15-12(22-18)9-21(3,4)10-13(15)25/h5-7,16H,1,8-10H2,2-4H3,(H2,22,23,24,26)/t16-/m0/s1. The third-order valence-corrected chi connectivity index (χ3v) is 5.95. The Morgan fingerprint density at radius 3 is 2.82 bits per heavy atom. The smallest absolute Gasteiger partial charge is 0.257 e. The molecule has 0 radical (unpaired) electrons. The number of aryl methyl sites for hydroxylation is 1. The van der Waals surface area contributed by atoms with E-state index in [4.69, 9.17) is 4.42 Å². The van der Waals surface area contributed by atoms with Crippen LogP contribution in [0.4, 0.5) is 5.82 Å². The number of Topliss-reactive ketones (excluding diaryl/α,β-unsaturated/α-hetero) is 1. The largest absolute Gasteiger partial charge is 0.465 e. The van der Waals surface area contributed by atoms with Crippen molar-refractivity contribution in [1.29, 1.82) is 0 Å². The van der Waals surface area contributed by atoms with Crippen LogP contribution in [0.3, 0.4) is 0 Å². The van der Waals surface area contributed by atoms with Crippen LogP contribution in [-0.4, -0.2) is 21.5 Å². The molecule has 2 aromatic rings. The van der Waals surface area contributed by atoms with Gasteiger partial charge >= 0.3 is 0 Å². The first-order chi connectivity index (χ1) is 13.3. The van der Waals surface area contributed by atoms with E-state index in [0.29, 0.717) is 46.5 Å². The number of hydrogen-bond donors (Lipinski definition) is 2. The zero-order chi connectivity index (χ0) is 20.1. The lowest BCUT2D eigenvalue weighted by atomic mass is 9.70. The number of hydrogen-bond acceptors (Lipinski definition) is 6. The molecule has 3 heterocycles. The van der Waals surface area contributed by atoms with Crippen LogP contribution < -0.4 is 10.9 Å². The molecule has 1 aliphatic heterocycles. The SMILES string of the molecule is C=CCSc1nc2c(c(=O)[nH]1)[C@@H](c1ccc(C)o1)C1=C(CC(C)(C)CC1=O)N2. The van der Waals surface area contributed by atoms with Gasteiger partial charge in [0.2, 0.25) is 0 Å². The van der Waals surface area contributed by atoms with Crippen molar-refractivity contribution >= 4 is 23.4 Å². The summed E-state index contributed by atoms with van der Waals surface area (Å²) in [6, 6.07) is 3.69. The Balaban J connectivity index is 1.91. The second kappa shape index (κ2) is 6.81. The molecule has 0 spiro atoms. The molecule has 0 bridgehead atoms. The molecule has 2 aliphatic rings. The fourth-order valence-electron chi connectivity index (χ4n) is 3.99. The topological polar surface area (TPSA) is 88.0 Å². The number of furan rings is 1. The van der Waals surface area contributed by atoms with Gasteiger partial charge in [0.05, 0.1) is 11.5 Å². The summed E-state index contributed by atoms with van der Waals surface area (Å²) in [6.45, 7) is 9.71. The molecule has 0 fully saturated rings. The number of H-pyrrole nitrogens is 1. The highest BCUT2D eigenvalue weighted by Crippen LogP contribution is 2.47. The fourth-order valence-corrected chi connectivity index (χ4v) is 4.59. The summed E-state index contributed by atoms with van der Waals surface area (Å²) in [6.07, 6.45) is 2.92. The molecular weight excluding hydrogens is 374 g/mol. The van der Waals surface area contributed by atoms with Crippen LogP contribution in [-0.2, 0) is 4.79 Å². The lowest BCUT2D eigenvalue weighted by Crippen LogP contribution is -2.36. The third kappa shape index (κ3) is 3.24. The number of carbonyl (C=O) groups is 1. The number of thioether (sulfide) groups is 1. The summed E-state index contributed by atoms with van der Waals surface area (Å²) in [5.41, 5.74) is 1.49. The van der Waals surface area contributed by atoms with Crippen LogP contribution in [0, 0.1) is 12.3 Å². The Labute approximate surface area is 167 Å². The summed E-state index contributed by atoms with van der Waals surface area (Å²) in [5, 5.41) is 3.82. The number of ketones is 1. The van der Waals surface area contributed by atoms with Gasteiger partial charge in [0.15, 0.2) is 10.9 Å². The van der Waals surface area contributed by atoms with Gasteiger partial charge in [-0.1, -0.05) is 31.7 Å². The molecule has 7 heteroatoms. The molecule has 0 saturated carbocycles. The predicted molar refractivity (Wildman–Crippen MR) is 110 cm³/mol. The molecule has 2 aromatic heterocycles. The summed E-state index contributed by atoms with van der Waals surface area (Å²) in [5.74, 6) is 1.98. The van der Waals surface area contributed by atoms with Crippen molar-refractivity contribution in [3.63, 3.8) is 0 Å². The maximum absolute atomic E-state index is 13.1. The number of nitrogens with zero attached hydrogens (tertiary/aromatic N) is 1.